The van der Waals surface area contributed by atoms with Crippen LogP contribution in [0.3, 0.4) is 0 Å². The molecule has 0 unspecified atom stereocenters. The fourth-order valence-corrected chi connectivity index (χ4v) is 4.51. The Labute approximate surface area is 127 Å². The Kier molecular flexibility index (Phi) is 3.11. The van der Waals surface area contributed by atoms with E-state index in [0.717, 1.165) is 5.92 Å². The number of nitrogens with zero attached hydrogens (tertiary/aromatic N) is 1. The van der Waals surface area contributed by atoms with Crippen LogP contribution < -0.4 is 0 Å². The number of fused-ring (bicyclic) bond motifs is 3. The molecular weight excluding hydrogens is 254 g/mol. The summed E-state index contributed by atoms with van der Waals surface area (Å²) in [6, 6.07) is 18.9. The van der Waals surface area contributed by atoms with Crippen LogP contribution in [-0.4, -0.2) is 18.5 Å². The molecule has 0 N–H and O–H groups in total. The van der Waals surface area contributed by atoms with E-state index >= 15 is 0 Å². The second-order valence-corrected chi connectivity index (χ2v) is 6.75. The van der Waals surface area contributed by atoms with Gasteiger partial charge < -0.3 is 0 Å². The first-order valence-corrected chi connectivity index (χ1v) is 8.11. The summed E-state index contributed by atoms with van der Waals surface area (Å²) in [5.74, 6) is 1.32. The fourth-order valence-electron chi connectivity index (χ4n) is 4.51. The third-order valence-electron chi connectivity index (χ3n) is 5.44. The van der Waals surface area contributed by atoms with Crippen molar-refractivity contribution in [3.63, 3.8) is 0 Å². The minimum atomic E-state index is 0.578. The van der Waals surface area contributed by atoms with Crippen molar-refractivity contribution in [2.24, 2.45) is 5.92 Å². The largest absolute Gasteiger partial charge is 0.299 e. The molecule has 1 heteroatoms. The molecule has 1 heterocycles. The molecule has 1 aliphatic heterocycles. The normalized spacial score (nSPS) is 28.2. The van der Waals surface area contributed by atoms with E-state index in [1.165, 1.54) is 30.5 Å². The summed E-state index contributed by atoms with van der Waals surface area (Å²) in [6.07, 6.45) is 2.68. The molecule has 2 aromatic rings. The second kappa shape index (κ2) is 4.99. The molecule has 1 fully saturated rings. The minimum absolute atomic E-state index is 0.578. The van der Waals surface area contributed by atoms with Gasteiger partial charge in [-0.15, -0.1) is 0 Å². The molecule has 4 rings (SSSR count). The molecule has 21 heavy (non-hydrogen) atoms. The zero-order valence-corrected chi connectivity index (χ0v) is 12.9. The van der Waals surface area contributed by atoms with E-state index in [0.29, 0.717) is 12.0 Å². The summed E-state index contributed by atoms with van der Waals surface area (Å²) < 4.78 is 0. The molecule has 1 nitrogen and oxygen atoms in total. The van der Waals surface area contributed by atoms with Gasteiger partial charge in [0.15, 0.2) is 0 Å². The molecule has 2 aromatic carbocycles. The highest BCUT2D eigenvalue weighted by Crippen LogP contribution is 2.54. The van der Waals surface area contributed by atoms with Crippen molar-refractivity contribution >= 4 is 0 Å². The monoisotopic (exact) mass is 277 g/mol. The third kappa shape index (κ3) is 2.03. The first kappa shape index (κ1) is 13.1. The molecule has 0 bridgehead atoms. The van der Waals surface area contributed by atoms with E-state index in [1.807, 2.05) is 0 Å². The second-order valence-electron chi connectivity index (χ2n) is 6.75. The molecule has 1 saturated heterocycles. The van der Waals surface area contributed by atoms with Crippen LogP contribution in [0.4, 0.5) is 0 Å². The van der Waals surface area contributed by atoms with Gasteiger partial charge in [-0.05, 0) is 56.0 Å². The van der Waals surface area contributed by atoms with E-state index < -0.39 is 0 Å². The SMILES string of the molecule is Cc1ccc([C@H]2c3ccccc3[C@H]3[C@@H]2CCCN3C)cc1. The maximum Gasteiger partial charge on any atom is 0.0385 e. The maximum absolute atomic E-state index is 2.57. The van der Waals surface area contributed by atoms with Crippen molar-refractivity contribution in [3.05, 3.63) is 70.8 Å². The quantitative estimate of drug-likeness (QED) is 0.740. The van der Waals surface area contributed by atoms with Crippen LogP contribution in [0.1, 0.15) is 47.1 Å². The number of likely N-dealkylation sites (tertiary alicyclic amines) is 1. The van der Waals surface area contributed by atoms with Gasteiger partial charge in [-0.1, -0.05) is 54.1 Å². The fraction of sp³-hybridized carbons (Fsp3) is 0.400. The van der Waals surface area contributed by atoms with Crippen LogP contribution in [0, 0.1) is 12.8 Å². The standard InChI is InChI=1S/C20H23N/c1-14-9-11-15(12-10-14)19-16-6-3-4-7-17(16)20-18(19)8-5-13-21(20)2/h3-4,6-7,9-12,18-20H,5,8,13H2,1-2H3/t18-,19+,20+/m1/s1. The Bertz CT molecular complexity index is 643. The molecule has 0 amide bonds. The zero-order chi connectivity index (χ0) is 14.4. The Morgan fingerprint density at radius 2 is 1.67 bits per heavy atom. The number of benzene rings is 2. The number of hydrogen-bond acceptors (Lipinski definition) is 1. The summed E-state index contributed by atoms with van der Waals surface area (Å²) in [7, 11) is 2.30. The van der Waals surface area contributed by atoms with E-state index in [-0.39, 0.29) is 0 Å². The Balaban J connectivity index is 1.84. The predicted molar refractivity (Wildman–Crippen MR) is 87.6 cm³/mol. The zero-order valence-electron chi connectivity index (χ0n) is 12.9. The van der Waals surface area contributed by atoms with Crippen LogP contribution in [0.2, 0.25) is 0 Å². The van der Waals surface area contributed by atoms with Gasteiger partial charge in [0, 0.05) is 12.0 Å². The van der Waals surface area contributed by atoms with Gasteiger partial charge in [-0.25, -0.2) is 0 Å². The number of rotatable bonds is 1. The van der Waals surface area contributed by atoms with Crippen LogP contribution in [-0.2, 0) is 0 Å². The van der Waals surface area contributed by atoms with Gasteiger partial charge in [-0.3, -0.25) is 4.90 Å². The number of hydrogen-bond donors (Lipinski definition) is 0. The van der Waals surface area contributed by atoms with Crippen LogP contribution in [0.25, 0.3) is 0 Å². The van der Waals surface area contributed by atoms with Gasteiger partial charge in [0.25, 0.3) is 0 Å². The van der Waals surface area contributed by atoms with Gasteiger partial charge in [0.05, 0.1) is 0 Å². The average Bonchev–Trinajstić information content (AvgIpc) is 2.84. The molecule has 0 radical (unpaired) electrons. The first-order chi connectivity index (χ1) is 10.3. The first-order valence-electron chi connectivity index (χ1n) is 8.11. The third-order valence-corrected chi connectivity index (χ3v) is 5.44. The smallest absolute Gasteiger partial charge is 0.0385 e. The van der Waals surface area contributed by atoms with E-state index in [4.69, 9.17) is 0 Å². The van der Waals surface area contributed by atoms with Crippen molar-refractivity contribution in [2.45, 2.75) is 31.7 Å². The van der Waals surface area contributed by atoms with Crippen molar-refractivity contribution in [2.75, 3.05) is 13.6 Å². The van der Waals surface area contributed by atoms with Gasteiger partial charge in [0.1, 0.15) is 0 Å². The van der Waals surface area contributed by atoms with Crippen molar-refractivity contribution < 1.29 is 0 Å². The average molecular weight is 277 g/mol. The van der Waals surface area contributed by atoms with Crippen LogP contribution in [0.15, 0.2) is 48.5 Å². The van der Waals surface area contributed by atoms with Gasteiger partial charge in [0.2, 0.25) is 0 Å². The molecule has 108 valence electrons. The Morgan fingerprint density at radius 3 is 2.43 bits per heavy atom. The summed E-state index contributed by atoms with van der Waals surface area (Å²) >= 11 is 0. The summed E-state index contributed by atoms with van der Waals surface area (Å²) in [4.78, 5) is 2.57. The lowest BCUT2D eigenvalue weighted by atomic mass is 9.80. The number of piperidine rings is 1. The molecule has 0 aromatic heterocycles. The van der Waals surface area contributed by atoms with Crippen LogP contribution in [0.5, 0.6) is 0 Å². The highest BCUT2D eigenvalue weighted by atomic mass is 15.1. The van der Waals surface area contributed by atoms with Crippen molar-refractivity contribution in [3.8, 4) is 0 Å². The predicted octanol–water partition coefficient (Wildman–Crippen LogP) is 4.52. The number of aryl methyl sites for hydroxylation is 1. The van der Waals surface area contributed by atoms with Gasteiger partial charge >= 0.3 is 0 Å². The van der Waals surface area contributed by atoms with Crippen LogP contribution >= 0.6 is 0 Å². The molecule has 0 saturated carbocycles. The lowest BCUT2D eigenvalue weighted by molar-refractivity contribution is 0.127. The Morgan fingerprint density at radius 1 is 0.952 bits per heavy atom. The highest BCUT2D eigenvalue weighted by molar-refractivity contribution is 5.46. The summed E-state index contributed by atoms with van der Waals surface area (Å²) in [5.41, 5.74) is 5.97. The molecular formula is C20H23N. The molecule has 2 aliphatic rings. The minimum Gasteiger partial charge on any atom is -0.299 e. The topological polar surface area (TPSA) is 3.24 Å². The summed E-state index contributed by atoms with van der Waals surface area (Å²) in [5, 5.41) is 0. The van der Waals surface area contributed by atoms with E-state index in [1.54, 1.807) is 11.1 Å². The van der Waals surface area contributed by atoms with E-state index in [9.17, 15) is 0 Å². The van der Waals surface area contributed by atoms with Gasteiger partial charge in [-0.2, -0.15) is 0 Å². The lowest BCUT2D eigenvalue weighted by Crippen LogP contribution is -2.34. The highest BCUT2D eigenvalue weighted by Gasteiger charge is 2.44. The molecule has 1 aliphatic carbocycles. The van der Waals surface area contributed by atoms with Crippen molar-refractivity contribution in [1.29, 1.82) is 0 Å². The van der Waals surface area contributed by atoms with E-state index in [2.05, 4.69) is 67.4 Å². The molecule has 0 spiro atoms. The van der Waals surface area contributed by atoms with Crippen molar-refractivity contribution in [1.82, 2.24) is 4.90 Å². The summed E-state index contributed by atoms with van der Waals surface area (Å²) in [6.45, 7) is 3.40. The Hall–Kier alpha value is -1.60. The lowest BCUT2D eigenvalue weighted by Gasteiger charge is -2.37. The maximum atomic E-state index is 2.57. The molecule has 3 atom stereocenters.